The Bertz CT molecular complexity index is 1250. The lowest BCUT2D eigenvalue weighted by Crippen LogP contribution is -2.09. The lowest BCUT2D eigenvalue weighted by Gasteiger charge is -2.07. The molecule has 0 aliphatic carbocycles. The summed E-state index contributed by atoms with van der Waals surface area (Å²) in [5.41, 5.74) is 1.22. The zero-order valence-electron chi connectivity index (χ0n) is 14.3. The summed E-state index contributed by atoms with van der Waals surface area (Å²) in [4.78, 5) is 24.9. The minimum atomic E-state index is -0.709. The maximum atomic E-state index is 13.3. The molecule has 0 amide bonds. The van der Waals surface area contributed by atoms with Gasteiger partial charge in [-0.3, -0.25) is 4.79 Å². The van der Waals surface area contributed by atoms with Crippen molar-refractivity contribution in [3.63, 3.8) is 0 Å². The van der Waals surface area contributed by atoms with Gasteiger partial charge in [-0.25, -0.2) is 9.18 Å². The van der Waals surface area contributed by atoms with Crippen LogP contribution in [0.5, 0.6) is 5.75 Å². The monoisotopic (exact) mass is 394 g/mol. The lowest BCUT2D eigenvalue weighted by molar-refractivity contribution is 0.0734. The summed E-state index contributed by atoms with van der Waals surface area (Å²) in [6.07, 6.45) is 1.35. The number of ether oxygens (including phenoxy) is 1. The highest BCUT2D eigenvalue weighted by Crippen LogP contribution is 2.24. The van der Waals surface area contributed by atoms with Crippen LogP contribution >= 0.6 is 11.6 Å². The number of carbonyl (C=O) groups excluding carboxylic acids is 1. The molecule has 0 aliphatic rings. The summed E-state index contributed by atoms with van der Waals surface area (Å²) in [5.74, 6) is -1.06. The molecule has 1 aromatic heterocycles. The van der Waals surface area contributed by atoms with Crippen LogP contribution < -0.4 is 10.2 Å². The van der Waals surface area contributed by atoms with Crippen molar-refractivity contribution in [1.29, 1.82) is 0 Å². The Morgan fingerprint density at radius 1 is 1.00 bits per heavy atom. The summed E-state index contributed by atoms with van der Waals surface area (Å²) < 4.78 is 24.1. The van der Waals surface area contributed by atoms with E-state index < -0.39 is 11.8 Å². The zero-order valence-corrected chi connectivity index (χ0v) is 15.1. The van der Waals surface area contributed by atoms with Crippen LogP contribution in [0.3, 0.4) is 0 Å². The molecular formula is C22H12ClFO4. The van der Waals surface area contributed by atoms with Crippen LogP contribution in [0.4, 0.5) is 4.39 Å². The molecule has 0 saturated carbocycles. The molecule has 3 aromatic carbocycles. The van der Waals surface area contributed by atoms with Crippen molar-refractivity contribution < 1.29 is 18.3 Å². The summed E-state index contributed by atoms with van der Waals surface area (Å²) in [6, 6.07) is 16.5. The Morgan fingerprint density at radius 2 is 1.79 bits per heavy atom. The highest BCUT2D eigenvalue weighted by molar-refractivity contribution is 6.30. The van der Waals surface area contributed by atoms with E-state index in [1.165, 1.54) is 42.7 Å². The van der Waals surface area contributed by atoms with E-state index in [1.807, 2.05) is 0 Å². The van der Waals surface area contributed by atoms with Crippen molar-refractivity contribution in [2.75, 3.05) is 0 Å². The van der Waals surface area contributed by atoms with Gasteiger partial charge in [0.2, 0.25) is 0 Å². The van der Waals surface area contributed by atoms with Gasteiger partial charge in [-0.15, -0.1) is 0 Å². The van der Waals surface area contributed by atoms with Gasteiger partial charge in [-0.2, -0.15) is 0 Å². The third-order valence-electron chi connectivity index (χ3n) is 4.17. The molecule has 1 heterocycles. The SMILES string of the molecule is O=C(Oc1ccc2c(=O)c(-c3ccc(Cl)cc3)coc2c1)c1cccc(F)c1. The second-order valence-corrected chi connectivity index (χ2v) is 6.48. The van der Waals surface area contributed by atoms with Crippen molar-refractivity contribution in [3.05, 3.63) is 99.6 Å². The number of fused-ring (bicyclic) bond motifs is 1. The number of carbonyl (C=O) groups is 1. The normalized spacial score (nSPS) is 10.8. The van der Waals surface area contributed by atoms with E-state index in [4.69, 9.17) is 20.8 Å². The van der Waals surface area contributed by atoms with Gasteiger partial charge >= 0.3 is 5.97 Å². The fraction of sp³-hybridized carbons (Fsp3) is 0. The second kappa shape index (κ2) is 7.29. The first-order chi connectivity index (χ1) is 13.5. The molecule has 4 aromatic rings. The quantitative estimate of drug-likeness (QED) is 0.341. The van der Waals surface area contributed by atoms with Crippen LogP contribution in [0.25, 0.3) is 22.1 Å². The second-order valence-electron chi connectivity index (χ2n) is 6.04. The van der Waals surface area contributed by atoms with Crippen LogP contribution in [0, 0.1) is 5.82 Å². The van der Waals surface area contributed by atoms with Gasteiger partial charge in [0.1, 0.15) is 23.4 Å². The van der Waals surface area contributed by atoms with E-state index in [9.17, 15) is 14.0 Å². The molecule has 138 valence electrons. The molecule has 0 bridgehead atoms. The van der Waals surface area contributed by atoms with Gasteiger partial charge < -0.3 is 9.15 Å². The Kier molecular flexibility index (Phi) is 4.67. The number of hydrogen-bond acceptors (Lipinski definition) is 4. The molecular weight excluding hydrogens is 383 g/mol. The van der Waals surface area contributed by atoms with Crippen LogP contribution in [0.1, 0.15) is 10.4 Å². The van der Waals surface area contributed by atoms with Gasteiger partial charge in [0.25, 0.3) is 0 Å². The summed E-state index contributed by atoms with van der Waals surface area (Å²) in [5, 5.41) is 0.914. The molecule has 0 N–H and O–H groups in total. The van der Waals surface area contributed by atoms with E-state index in [-0.39, 0.29) is 22.3 Å². The van der Waals surface area contributed by atoms with Crippen LogP contribution in [0.2, 0.25) is 5.02 Å². The largest absolute Gasteiger partial charge is 0.463 e. The molecule has 0 atom stereocenters. The molecule has 6 heteroatoms. The average Bonchev–Trinajstić information content (AvgIpc) is 2.69. The fourth-order valence-corrected chi connectivity index (χ4v) is 2.91. The van der Waals surface area contributed by atoms with Crippen LogP contribution in [-0.4, -0.2) is 5.97 Å². The molecule has 0 unspecified atom stereocenters. The van der Waals surface area contributed by atoms with Crippen LogP contribution in [-0.2, 0) is 0 Å². The molecule has 0 fully saturated rings. The molecule has 0 radical (unpaired) electrons. The first-order valence-corrected chi connectivity index (χ1v) is 8.68. The third-order valence-corrected chi connectivity index (χ3v) is 4.42. The number of rotatable bonds is 3. The molecule has 0 spiro atoms. The maximum absolute atomic E-state index is 13.3. The van der Waals surface area contributed by atoms with E-state index in [0.717, 1.165) is 6.07 Å². The van der Waals surface area contributed by atoms with Gasteiger partial charge in [0, 0.05) is 11.1 Å². The van der Waals surface area contributed by atoms with E-state index in [0.29, 0.717) is 21.5 Å². The van der Waals surface area contributed by atoms with Gasteiger partial charge in [-0.05, 0) is 48.0 Å². The first-order valence-electron chi connectivity index (χ1n) is 8.30. The number of benzene rings is 3. The van der Waals surface area contributed by atoms with Crippen molar-refractivity contribution >= 4 is 28.5 Å². The highest BCUT2D eigenvalue weighted by Gasteiger charge is 2.13. The summed E-state index contributed by atoms with van der Waals surface area (Å²) in [6.45, 7) is 0. The Morgan fingerprint density at radius 3 is 2.54 bits per heavy atom. The maximum Gasteiger partial charge on any atom is 0.343 e. The van der Waals surface area contributed by atoms with Gasteiger partial charge in [-0.1, -0.05) is 29.8 Å². The van der Waals surface area contributed by atoms with Crippen LogP contribution in [0.15, 0.2) is 82.2 Å². The van der Waals surface area contributed by atoms with Crippen molar-refractivity contribution in [2.45, 2.75) is 0 Å². The Labute approximate surface area is 163 Å². The molecule has 4 nitrogen and oxygen atoms in total. The van der Waals surface area contributed by atoms with Crippen molar-refractivity contribution in [1.82, 2.24) is 0 Å². The van der Waals surface area contributed by atoms with Crippen molar-refractivity contribution in [2.24, 2.45) is 0 Å². The lowest BCUT2D eigenvalue weighted by atomic mass is 10.1. The fourth-order valence-electron chi connectivity index (χ4n) is 2.78. The minimum absolute atomic E-state index is 0.0830. The van der Waals surface area contributed by atoms with E-state index >= 15 is 0 Å². The zero-order chi connectivity index (χ0) is 19.7. The average molecular weight is 395 g/mol. The van der Waals surface area contributed by atoms with E-state index in [1.54, 1.807) is 24.3 Å². The predicted octanol–water partition coefficient (Wildman–Crippen LogP) is 5.47. The molecule has 0 aliphatic heterocycles. The predicted molar refractivity (Wildman–Crippen MR) is 104 cm³/mol. The smallest absolute Gasteiger partial charge is 0.343 e. The third kappa shape index (κ3) is 3.52. The minimum Gasteiger partial charge on any atom is -0.463 e. The van der Waals surface area contributed by atoms with Crippen molar-refractivity contribution in [3.8, 4) is 16.9 Å². The molecule has 4 rings (SSSR count). The molecule has 28 heavy (non-hydrogen) atoms. The summed E-state index contributed by atoms with van der Waals surface area (Å²) >= 11 is 5.88. The number of halogens is 2. The highest BCUT2D eigenvalue weighted by atomic mass is 35.5. The topological polar surface area (TPSA) is 56.5 Å². The number of esters is 1. The summed E-state index contributed by atoms with van der Waals surface area (Å²) in [7, 11) is 0. The number of hydrogen-bond donors (Lipinski definition) is 0. The standard InChI is InChI=1S/C22H12ClFO4/c23-15-6-4-13(5-7-15)19-12-27-20-11-17(8-9-18(20)21(19)25)28-22(26)14-2-1-3-16(24)10-14/h1-12H. The first kappa shape index (κ1) is 17.9. The molecule has 0 saturated heterocycles. The van der Waals surface area contributed by atoms with Gasteiger partial charge in [0.15, 0.2) is 5.43 Å². The Hall–Kier alpha value is -3.44. The van der Waals surface area contributed by atoms with E-state index in [2.05, 4.69) is 0 Å². The van der Waals surface area contributed by atoms with Gasteiger partial charge in [0.05, 0.1) is 16.5 Å². The Balaban J connectivity index is 1.67.